The van der Waals surface area contributed by atoms with Crippen molar-refractivity contribution in [2.24, 2.45) is 4.99 Å². The molecule has 1 aliphatic heterocycles. The molecule has 0 aliphatic carbocycles. The fourth-order valence-corrected chi connectivity index (χ4v) is 3.68. The highest BCUT2D eigenvalue weighted by atomic mass is 127. The molecule has 2 aromatic carbocycles. The van der Waals surface area contributed by atoms with Gasteiger partial charge >= 0.3 is 6.61 Å². The molecule has 0 unspecified atom stereocenters. The van der Waals surface area contributed by atoms with E-state index in [0.717, 1.165) is 42.2 Å². The van der Waals surface area contributed by atoms with Gasteiger partial charge in [-0.25, -0.2) is 4.99 Å². The van der Waals surface area contributed by atoms with E-state index < -0.39 is 6.61 Å². The van der Waals surface area contributed by atoms with Gasteiger partial charge in [0.05, 0.1) is 6.54 Å². The number of rotatable bonds is 9. The first-order chi connectivity index (χ1) is 15.4. The van der Waals surface area contributed by atoms with Gasteiger partial charge in [0.25, 0.3) is 0 Å². The van der Waals surface area contributed by atoms with Crippen molar-refractivity contribution in [2.75, 3.05) is 20.1 Å². The van der Waals surface area contributed by atoms with Gasteiger partial charge in [-0.3, -0.25) is 4.79 Å². The largest absolute Gasteiger partial charge is 0.435 e. The number of hydrogen-bond donors (Lipinski definition) is 1. The molecular formula is C24H31F2IN4O2. The normalized spacial score (nSPS) is 13.8. The zero-order valence-electron chi connectivity index (χ0n) is 19.0. The highest BCUT2D eigenvalue weighted by molar-refractivity contribution is 14.0. The molecule has 0 aromatic heterocycles. The van der Waals surface area contributed by atoms with Crippen molar-refractivity contribution in [3.63, 3.8) is 0 Å². The highest BCUT2D eigenvalue weighted by Gasteiger charge is 2.20. The summed E-state index contributed by atoms with van der Waals surface area (Å²) in [6, 6.07) is 14.8. The van der Waals surface area contributed by atoms with Gasteiger partial charge in [-0.05, 0) is 42.2 Å². The fraction of sp³-hybridized carbons (Fsp3) is 0.417. The number of carbonyl (C=O) groups is 1. The molecular weight excluding hydrogens is 541 g/mol. The van der Waals surface area contributed by atoms with Crippen molar-refractivity contribution in [1.82, 2.24) is 15.1 Å². The van der Waals surface area contributed by atoms with Gasteiger partial charge in [0.2, 0.25) is 5.91 Å². The highest BCUT2D eigenvalue weighted by Crippen LogP contribution is 2.17. The average molecular weight is 572 g/mol. The summed E-state index contributed by atoms with van der Waals surface area (Å²) in [7, 11) is 1.93. The van der Waals surface area contributed by atoms with Crippen LogP contribution in [0.3, 0.4) is 0 Å². The molecule has 9 heteroatoms. The van der Waals surface area contributed by atoms with E-state index in [1.54, 1.807) is 12.1 Å². The summed E-state index contributed by atoms with van der Waals surface area (Å²) in [5.74, 6) is 1.11. The first-order valence-electron chi connectivity index (χ1n) is 10.8. The molecule has 0 radical (unpaired) electrons. The van der Waals surface area contributed by atoms with E-state index in [1.807, 2.05) is 42.0 Å². The summed E-state index contributed by atoms with van der Waals surface area (Å²) in [6.45, 7) is 2.45. The number of aliphatic imine (C=N–C) groups is 1. The average Bonchev–Trinajstić information content (AvgIpc) is 3.16. The fourth-order valence-electron chi connectivity index (χ4n) is 3.68. The van der Waals surface area contributed by atoms with E-state index in [4.69, 9.17) is 4.99 Å². The van der Waals surface area contributed by atoms with Crippen molar-refractivity contribution in [3.8, 4) is 5.75 Å². The number of ether oxygens (including phenoxy) is 1. The summed E-state index contributed by atoms with van der Waals surface area (Å²) >= 11 is 0. The van der Waals surface area contributed by atoms with E-state index in [0.29, 0.717) is 26.1 Å². The maximum absolute atomic E-state index is 12.3. The predicted octanol–water partition coefficient (Wildman–Crippen LogP) is 4.63. The number of guanidine groups is 1. The Bertz CT molecular complexity index is 925. The minimum absolute atomic E-state index is 0. The summed E-state index contributed by atoms with van der Waals surface area (Å²) in [6.07, 6.45) is 1.58. The molecule has 1 amide bonds. The van der Waals surface area contributed by atoms with E-state index >= 15 is 0 Å². The molecule has 1 heterocycles. The van der Waals surface area contributed by atoms with Crippen LogP contribution in [-0.2, 0) is 24.4 Å². The van der Waals surface area contributed by atoms with Crippen LogP contribution in [0.5, 0.6) is 5.75 Å². The van der Waals surface area contributed by atoms with Gasteiger partial charge in [0.15, 0.2) is 5.96 Å². The second kappa shape index (κ2) is 13.3. The minimum Gasteiger partial charge on any atom is -0.435 e. The van der Waals surface area contributed by atoms with Gasteiger partial charge in [-0.1, -0.05) is 36.4 Å². The monoisotopic (exact) mass is 572 g/mol. The van der Waals surface area contributed by atoms with Crippen LogP contribution in [0.25, 0.3) is 0 Å². The molecule has 180 valence electrons. The Hall–Kier alpha value is -2.43. The lowest BCUT2D eigenvalue weighted by Gasteiger charge is -2.22. The molecule has 1 N–H and O–H groups in total. The standard InChI is InChI=1S/C24H30F2N4O2.HI/c1-3-27-24(29(2)16-18-9-11-21(12-10-18)32-23(25)26)28-15-19-6-4-7-20(14-19)17-30-13-5-8-22(30)31;/h4,6-7,9-12,14,23H,3,5,8,13,15-17H2,1-2H3,(H,27,28);1H. The van der Waals surface area contributed by atoms with E-state index in [-0.39, 0.29) is 35.6 Å². The predicted molar refractivity (Wildman–Crippen MR) is 136 cm³/mol. The molecule has 6 nitrogen and oxygen atoms in total. The van der Waals surface area contributed by atoms with Gasteiger partial charge in [-0.2, -0.15) is 8.78 Å². The number of likely N-dealkylation sites (tertiary alicyclic amines) is 1. The minimum atomic E-state index is -2.83. The Morgan fingerprint density at radius 1 is 1.18 bits per heavy atom. The lowest BCUT2D eigenvalue weighted by Crippen LogP contribution is -2.38. The number of benzene rings is 2. The van der Waals surface area contributed by atoms with Gasteiger partial charge in [0.1, 0.15) is 5.75 Å². The van der Waals surface area contributed by atoms with Crippen molar-refractivity contribution in [2.45, 2.75) is 46.0 Å². The topological polar surface area (TPSA) is 57.2 Å². The Kier molecular flexibility index (Phi) is 10.8. The molecule has 0 atom stereocenters. The second-order valence-corrected chi connectivity index (χ2v) is 7.79. The lowest BCUT2D eigenvalue weighted by molar-refractivity contribution is -0.128. The maximum atomic E-state index is 12.3. The van der Waals surface area contributed by atoms with E-state index in [1.165, 1.54) is 12.1 Å². The summed E-state index contributed by atoms with van der Waals surface area (Å²) in [5.41, 5.74) is 3.14. The van der Waals surface area contributed by atoms with Crippen LogP contribution >= 0.6 is 24.0 Å². The summed E-state index contributed by atoms with van der Waals surface area (Å²) in [4.78, 5) is 20.5. The third-order valence-corrected chi connectivity index (χ3v) is 5.21. The lowest BCUT2D eigenvalue weighted by atomic mass is 10.1. The van der Waals surface area contributed by atoms with Crippen LogP contribution in [-0.4, -0.2) is 48.4 Å². The smallest absolute Gasteiger partial charge is 0.387 e. The number of nitrogens with one attached hydrogen (secondary N) is 1. The van der Waals surface area contributed by atoms with E-state index in [9.17, 15) is 13.6 Å². The number of carbonyl (C=O) groups excluding carboxylic acids is 1. The van der Waals surface area contributed by atoms with Crippen molar-refractivity contribution in [3.05, 3.63) is 65.2 Å². The van der Waals surface area contributed by atoms with Crippen molar-refractivity contribution < 1.29 is 18.3 Å². The number of nitrogens with zero attached hydrogens (tertiary/aromatic N) is 3. The van der Waals surface area contributed by atoms with Gasteiger partial charge < -0.3 is 19.9 Å². The summed E-state index contributed by atoms with van der Waals surface area (Å²) < 4.78 is 29.0. The zero-order valence-corrected chi connectivity index (χ0v) is 21.3. The van der Waals surface area contributed by atoms with E-state index in [2.05, 4.69) is 16.1 Å². The third-order valence-electron chi connectivity index (χ3n) is 5.21. The second-order valence-electron chi connectivity index (χ2n) is 7.79. The molecule has 1 fully saturated rings. The Balaban J connectivity index is 0.00000385. The Morgan fingerprint density at radius 3 is 2.55 bits per heavy atom. The van der Waals surface area contributed by atoms with Crippen molar-refractivity contribution in [1.29, 1.82) is 0 Å². The van der Waals surface area contributed by atoms with Crippen LogP contribution < -0.4 is 10.1 Å². The number of hydrogen-bond acceptors (Lipinski definition) is 3. The molecule has 0 spiro atoms. The van der Waals surface area contributed by atoms with Crippen LogP contribution in [0.15, 0.2) is 53.5 Å². The molecule has 33 heavy (non-hydrogen) atoms. The third kappa shape index (κ3) is 8.45. The zero-order chi connectivity index (χ0) is 22.9. The quantitative estimate of drug-likeness (QED) is 0.271. The number of alkyl halides is 2. The Labute approximate surface area is 211 Å². The molecule has 0 saturated carbocycles. The van der Waals surface area contributed by atoms with Crippen molar-refractivity contribution >= 4 is 35.8 Å². The molecule has 1 aliphatic rings. The first kappa shape index (κ1) is 26.8. The maximum Gasteiger partial charge on any atom is 0.387 e. The van der Waals surface area contributed by atoms with Gasteiger partial charge in [-0.15, -0.1) is 24.0 Å². The number of amides is 1. The number of halogens is 3. The Morgan fingerprint density at radius 2 is 1.91 bits per heavy atom. The SMILES string of the molecule is CCNC(=NCc1cccc(CN2CCCC2=O)c1)N(C)Cc1ccc(OC(F)F)cc1.I. The van der Waals surface area contributed by atoms with Crippen LogP contribution in [0, 0.1) is 0 Å². The molecule has 1 saturated heterocycles. The van der Waals surface area contributed by atoms with Crippen LogP contribution in [0.4, 0.5) is 8.78 Å². The van der Waals surface area contributed by atoms with Crippen LogP contribution in [0.1, 0.15) is 36.5 Å². The molecule has 3 rings (SSSR count). The van der Waals surface area contributed by atoms with Crippen LogP contribution in [0.2, 0.25) is 0 Å². The molecule has 2 aromatic rings. The first-order valence-corrected chi connectivity index (χ1v) is 10.8. The summed E-state index contributed by atoms with van der Waals surface area (Å²) in [5, 5.41) is 3.29. The van der Waals surface area contributed by atoms with Gasteiger partial charge in [0, 0.05) is 39.6 Å². The molecule has 0 bridgehead atoms.